The Morgan fingerprint density at radius 3 is 2.71 bits per heavy atom. The monoisotopic (exact) mass is 315 g/mol. The minimum Gasteiger partial charge on any atom is -0.337 e. The summed E-state index contributed by atoms with van der Waals surface area (Å²) in [5, 5.41) is 0. The van der Waals surface area contributed by atoms with E-state index in [2.05, 4.69) is 34.2 Å². The standard InChI is InChI=1S/C20H17N3O/c1-13-16(4-3-8-22-13)14-5-6-15-12-23(2)20(24)17-7-9-21-11-19(17)18(15)10-14/h3-11H,12H2,1-2H3. The van der Waals surface area contributed by atoms with Gasteiger partial charge in [0.15, 0.2) is 0 Å². The van der Waals surface area contributed by atoms with E-state index in [4.69, 9.17) is 0 Å². The number of carbonyl (C=O) groups is 1. The molecule has 0 aliphatic carbocycles. The van der Waals surface area contributed by atoms with Crippen LogP contribution in [0.15, 0.2) is 55.0 Å². The summed E-state index contributed by atoms with van der Waals surface area (Å²) in [6.45, 7) is 2.60. The molecule has 4 nitrogen and oxygen atoms in total. The minimum absolute atomic E-state index is 0.0303. The molecule has 1 aliphatic heterocycles. The summed E-state index contributed by atoms with van der Waals surface area (Å²) in [5.74, 6) is 0.0303. The molecule has 0 saturated carbocycles. The number of hydrogen-bond acceptors (Lipinski definition) is 3. The SMILES string of the molecule is Cc1ncccc1-c1ccc2c(c1)-c1cnccc1C(=O)N(C)C2. The van der Waals surface area contributed by atoms with E-state index in [9.17, 15) is 4.79 Å². The van der Waals surface area contributed by atoms with Crippen molar-refractivity contribution in [1.82, 2.24) is 14.9 Å². The molecule has 0 atom stereocenters. The molecule has 3 heterocycles. The Bertz CT molecular complexity index is 949. The fraction of sp³-hybridized carbons (Fsp3) is 0.150. The van der Waals surface area contributed by atoms with Crippen molar-refractivity contribution in [3.63, 3.8) is 0 Å². The zero-order valence-electron chi connectivity index (χ0n) is 13.7. The zero-order chi connectivity index (χ0) is 16.7. The molecule has 0 unspecified atom stereocenters. The van der Waals surface area contributed by atoms with Crippen molar-refractivity contribution in [2.24, 2.45) is 0 Å². The molecule has 1 aliphatic rings. The second kappa shape index (κ2) is 5.57. The van der Waals surface area contributed by atoms with Gasteiger partial charge in [-0.05, 0) is 41.8 Å². The Morgan fingerprint density at radius 1 is 1.00 bits per heavy atom. The third-order valence-corrected chi connectivity index (χ3v) is 4.52. The van der Waals surface area contributed by atoms with Crippen LogP contribution in [0.4, 0.5) is 0 Å². The number of aromatic nitrogens is 2. The van der Waals surface area contributed by atoms with E-state index >= 15 is 0 Å². The number of carbonyl (C=O) groups excluding carboxylic acids is 1. The second-order valence-electron chi connectivity index (χ2n) is 6.09. The maximum Gasteiger partial charge on any atom is 0.254 e. The lowest BCUT2D eigenvalue weighted by molar-refractivity contribution is 0.0788. The molecule has 0 radical (unpaired) electrons. The highest BCUT2D eigenvalue weighted by Crippen LogP contribution is 2.35. The third-order valence-electron chi connectivity index (χ3n) is 4.52. The van der Waals surface area contributed by atoms with Gasteiger partial charge < -0.3 is 4.90 Å². The molecule has 1 aromatic carbocycles. The van der Waals surface area contributed by atoms with Crippen molar-refractivity contribution in [2.75, 3.05) is 7.05 Å². The highest BCUT2D eigenvalue weighted by Gasteiger charge is 2.24. The van der Waals surface area contributed by atoms with Crippen LogP contribution >= 0.6 is 0 Å². The first-order valence-electron chi connectivity index (χ1n) is 7.90. The topological polar surface area (TPSA) is 46.1 Å². The summed E-state index contributed by atoms with van der Waals surface area (Å²) in [4.78, 5) is 23.0. The van der Waals surface area contributed by atoms with Gasteiger partial charge in [0, 0.05) is 49.0 Å². The Balaban J connectivity index is 1.96. The van der Waals surface area contributed by atoms with Crippen LogP contribution in [0.1, 0.15) is 21.6 Å². The number of nitrogens with zero attached hydrogens (tertiary/aromatic N) is 3. The van der Waals surface area contributed by atoms with E-state index in [-0.39, 0.29) is 5.91 Å². The molecular formula is C20H17N3O. The van der Waals surface area contributed by atoms with Crippen LogP contribution in [0, 0.1) is 6.92 Å². The average Bonchev–Trinajstić information content (AvgIpc) is 2.71. The highest BCUT2D eigenvalue weighted by molar-refractivity contribution is 6.02. The van der Waals surface area contributed by atoms with E-state index in [1.807, 2.05) is 20.0 Å². The molecule has 0 N–H and O–H groups in total. The minimum atomic E-state index is 0.0303. The van der Waals surface area contributed by atoms with E-state index in [0.29, 0.717) is 12.1 Å². The van der Waals surface area contributed by atoms with Crippen molar-refractivity contribution >= 4 is 5.91 Å². The second-order valence-corrected chi connectivity index (χ2v) is 6.09. The van der Waals surface area contributed by atoms with E-state index in [1.54, 1.807) is 29.6 Å². The molecule has 118 valence electrons. The van der Waals surface area contributed by atoms with Gasteiger partial charge in [0.25, 0.3) is 5.91 Å². The number of fused-ring (bicyclic) bond motifs is 3. The number of amides is 1. The van der Waals surface area contributed by atoms with Gasteiger partial charge in [-0.25, -0.2) is 0 Å². The van der Waals surface area contributed by atoms with Gasteiger partial charge in [-0.3, -0.25) is 14.8 Å². The van der Waals surface area contributed by atoms with Crippen molar-refractivity contribution in [3.05, 3.63) is 71.8 Å². The van der Waals surface area contributed by atoms with Crippen LogP contribution in [-0.2, 0) is 6.54 Å². The summed E-state index contributed by atoms with van der Waals surface area (Å²) in [6, 6.07) is 12.2. The number of hydrogen-bond donors (Lipinski definition) is 0. The van der Waals surface area contributed by atoms with E-state index in [1.165, 1.54) is 0 Å². The Kier molecular flexibility index (Phi) is 3.38. The lowest BCUT2D eigenvalue weighted by Gasteiger charge is -2.15. The first-order valence-corrected chi connectivity index (χ1v) is 7.90. The average molecular weight is 315 g/mol. The van der Waals surface area contributed by atoms with E-state index < -0.39 is 0 Å². The Labute approximate surface area is 140 Å². The van der Waals surface area contributed by atoms with Gasteiger partial charge in [-0.2, -0.15) is 0 Å². The largest absolute Gasteiger partial charge is 0.337 e. The molecule has 1 amide bonds. The molecule has 0 fully saturated rings. The number of pyridine rings is 2. The number of aryl methyl sites for hydroxylation is 1. The molecule has 0 bridgehead atoms. The fourth-order valence-corrected chi connectivity index (χ4v) is 3.25. The van der Waals surface area contributed by atoms with Gasteiger partial charge >= 0.3 is 0 Å². The summed E-state index contributed by atoms with van der Waals surface area (Å²) < 4.78 is 0. The van der Waals surface area contributed by atoms with Crippen LogP contribution in [0.25, 0.3) is 22.3 Å². The Hall–Kier alpha value is -3.01. The molecule has 4 heteroatoms. The first-order chi connectivity index (χ1) is 11.6. The van der Waals surface area contributed by atoms with Gasteiger partial charge in [-0.1, -0.05) is 18.2 Å². The predicted molar refractivity (Wildman–Crippen MR) is 93.4 cm³/mol. The van der Waals surface area contributed by atoms with Gasteiger partial charge in [0.05, 0.1) is 5.56 Å². The normalized spacial score (nSPS) is 13.2. The Morgan fingerprint density at radius 2 is 1.88 bits per heavy atom. The van der Waals surface area contributed by atoms with Crippen molar-refractivity contribution in [1.29, 1.82) is 0 Å². The van der Waals surface area contributed by atoms with Crippen LogP contribution in [0.2, 0.25) is 0 Å². The summed E-state index contributed by atoms with van der Waals surface area (Å²) in [7, 11) is 1.83. The predicted octanol–water partition coefficient (Wildman–Crippen LogP) is 3.70. The fourth-order valence-electron chi connectivity index (χ4n) is 3.25. The highest BCUT2D eigenvalue weighted by atomic mass is 16.2. The smallest absolute Gasteiger partial charge is 0.254 e. The maximum absolute atomic E-state index is 12.6. The van der Waals surface area contributed by atoms with Crippen LogP contribution in [0.3, 0.4) is 0 Å². The first kappa shape index (κ1) is 14.6. The summed E-state index contributed by atoms with van der Waals surface area (Å²) >= 11 is 0. The van der Waals surface area contributed by atoms with Crippen LogP contribution in [0.5, 0.6) is 0 Å². The molecular weight excluding hydrogens is 298 g/mol. The van der Waals surface area contributed by atoms with Crippen LogP contribution in [-0.4, -0.2) is 27.8 Å². The number of rotatable bonds is 1. The lowest BCUT2D eigenvalue weighted by atomic mass is 9.93. The lowest BCUT2D eigenvalue weighted by Crippen LogP contribution is -2.24. The molecule has 0 spiro atoms. The quantitative estimate of drug-likeness (QED) is 0.688. The molecule has 24 heavy (non-hydrogen) atoms. The van der Waals surface area contributed by atoms with Crippen molar-refractivity contribution < 1.29 is 4.79 Å². The van der Waals surface area contributed by atoms with Crippen LogP contribution < -0.4 is 0 Å². The number of benzene rings is 1. The zero-order valence-corrected chi connectivity index (χ0v) is 13.7. The van der Waals surface area contributed by atoms with Gasteiger partial charge in [0.2, 0.25) is 0 Å². The van der Waals surface area contributed by atoms with Crippen molar-refractivity contribution in [3.8, 4) is 22.3 Å². The van der Waals surface area contributed by atoms with Gasteiger partial charge in [-0.15, -0.1) is 0 Å². The molecule has 0 saturated heterocycles. The maximum atomic E-state index is 12.6. The third kappa shape index (κ3) is 2.27. The van der Waals surface area contributed by atoms with E-state index in [0.717, 1.165) is 33.5 Å². The molecule has 2 aromatic heterocycles. The summed E-state index contributed by atoms with van der Waals surface area (Å²) in [5.41, 5.74) is 6.99. The summed E-state index contributed by atoms with van der Waals surface area (Å²) in [6.07, 6.45) is 5.25. The molecule has 3 aromatic rings. The van der Waals surface area contributed by atoms with Gasteiger partial charge in [0.1, 0.15) is 0 Å². The molecule has 4 rings (SSSR count). The van der Waals surface area contributed by atoms with Crippen molar-refractivity contribution in [2.45, 2.75) is 13.5 Å².